The van der Waals surface area contributed by atoms with Crippen molar-refractivity contribution in [3.05, 3.63) is 68.8 Å². The highest BCUT2D eigenvalue weighted by Crippen LogP contribution is 2.33. The lowest BCUT2D eigenvalue weighted by molar-refractivity contribution is -0.138. The van der Waals surface area contributed by atoms with Crippen LogP contribution in [0.25, 0.3) is 0 Å². The van der Waals surface area contributed by atoms with Gasteiger partial charge in [0.2, 0.25) is 0 Å². The fourth-order valence-electron chi connectivity index (χ4n) is 1.68. The van der Waals surface area contributed by atoms with Crippen molar-refractivity contribution in [2.75, 3.05) is 0 Å². The molecule has 2 aromatic carbocycles. The molecule has 0 unspecified atom stereocenters. The third-order valence-corrected chi connectivity index (χ3v) is 3.66. The Hall–Kier alpha value is -1.57. The van der Waals surface area contributed by atoms with Gasteiger partial charge in [0, 0.05) is 3.57 Å². The Kier molecular flexibility index (Phi) is 4.87. The third-order valence-electron chi connectivity index (χ3n) is 2.72. The van der Waals surface area contributed by atoms with Gasteiger partial charge in [0.25, 0.3) is 0 Å². The van der Waals surface area contributed by atoms with Crippen molar-refractivity contribution in [1.82, 2.24) is 0 Å². The number of rotatable bonds is 3. The third kappa shape index (κ3) is 4.20. The van der Waals surface area contributed by atoms with E-state index in [0.717, 1.165) is 11.6 Å². The Labute approximate surface area is 133 Å². The van der Waals surface area contributed by atoms with Crippen molar-refractivity contribution in [2.45, 2.75) is 12.8 Å². The van der Waals surface area contributed by atoms with Crippen LogP contribution < -0.4 is 0 Å². The summed E-state index contributed by atoms with van der Waals surface area (Å²) < 4.78 is 43.4. The Morgan fingerprint density at radius 1 is 1.10 bits per heavy atom. The maximum Gasteiger partial charge on any atom is 0.417 e. The molecule has 2 rings (SSSR count). The van der Waals surface area contributed by atoms with Crippen molar-refractivity contribution >= 4 is 28.6 Å². The molecule has 0 saturated heterocycles. The highest BCUT2D eigenvalue weighted by molar-refractivity contribution is 14.1. The van der Waals surface area contributed by atoms with E-state index < -0.39 is 17.7 Å². The van der Waals surface area contributed by atoms with Crippen LogP contribution in [0.3, 0.4) is 0 Å². The quantitative estimate of drug-likeness (QED) is 0.547. The van der Waals surface area contributed by atoms with Crippen LogP contribution in [-0.4, -0.2) is 5.97 Å². The lowest BCUT2D eigenvalue weighted by atomic mass is 10.1. The fourth-order valence-corrected chi connectivity index (χ4v) is 2.32. The van der Waals surface area contributed by atoms with E-state index in [9.17, 15) is 18.0 Å². The number of hydrogen-bond acceptors (Lipinski definition) is 2. The molecule has 2 nitrogen and oxygen atoms in total. The van der Waals surface area contributed by atoms with Gasteiger partial charge in [-0.3, -0.25) is 0 Å². The van der Waals surface area contributed by atoms with E-state index in [4.69, 9.17) is 4.74 Å². The van der Waals surface area contributed by atoms with Crippen molar-refractivity contribution in [2.24, 2.45) is 0 Å². The van der Waals surface area contributed by atoms with Gasteiger partial charge in [-0.2, -0.15) is 13.2 Å². The first-order chi connectivity index (χ1) is 9.88. The maximum atomic E-state index is 12.8. The molecule has 0 heterocycles. The topological polar surface area (TPSA) is 26.3 Å². The molecule has 110 valence electrons. The molecule has 0 saturated carbocycles. The molecular weight excluding hydrogens is 396 g/mol. The van der Waals surface area contributed by atoms with E-state index in [1.54, 1.807) is 46.9 Å². The summed E-state index contributed by atoms with van der Waals surface area (Å²) in [6.07, 6.45) is -4.49. The largest absolute Gasteiger partial charge is 0.457 e. The van der Waals surface area contributed by atoms with Crippen molar-refractivity contribution in [1.29, 1.82) is 0 Å². The molecule has 21 heavy (non-hydrogen) atoms. The van der Waals surface area contributed by atoms with Crippen LogP contribution >= 0.6 is 22.6 Å². The van der Waals surface area contributed by atoms with Crippen LogP contribution in [-0.2, 0) is 17.5 Å². The predicted octanol–water partition coefficient (Wildman–Crippen LogP) is 4.67. The highest BCUT2D eigenvalue weighted by atomic mass is 127. The first kappa shape index (κ1) is 15.8. The number of carbonyl (C=O) groups excluding carboxylic acids is 1. The molecule has 0 amide bonds. The first-order valence-electron chi connectivity index (χ1n) is 5.96. The minimum Gasteiger partial charge on any atom is -0.457 e. The molecular formula is C15H10F3IO2. The summed E-state index contributed by atoms with van der Waals surface area (Å²) in [5.41, 5.74) is -0.177. The Balaban J connectivity index is 2.13. The van der Waals surface area contributed by atoms with Gasteiger partial charge in [0.1, 0.15) is 6.61 Å². The molecule has 0 radical (unpaired) electrons. The molecule has 0 aliphatic rings. The summed E-state index contributed by atoms with van der Waals surface area (Å²) in [4.78, 5) is 11.8. The Morgan fingerprint density at radius 3 is 2.38 bits per heavy atom. The Bertz CT molecular complexity index is 639. The lowest BCUT2D eigenvalue weighted by Crippen LogP contribution is -2.11. The van der Waals surface area contributed by atoms with Crippen LogP contribution in [0.4, 0.5) is 13.2 Å². The number of esters is 1. The van der Waals surface area contributed by atoms with Gasteiger partial charge < -0.3 is 4.74 Å². The van der Waals surface area contributed by atoms with Crippen molar-refractivity contribution in [3.8, 4) is 0 Å². The van der Waals surface area contributed by atoms with E-state index in [0.29, 0.717) is 0 Å². The molecule has 0 bridgehead atoms. The van der Waals surface area contributed by atoms with Crippen LogP contribution in [0.2, 0.25) is 0 Å². The summed E-state index contributed by atoms with van der Waals surface area (Å²) in [5.74, 6) is -0.777. The summed E-state index contributed by atoms with van der Waals surface area (Å²) in [6, 6.07) is 12.3. The predicted molar refractivity (Wildman–Crippen MR) is 79.7 cm³/mol. The zero-order chi connectivity index (χ0) is 15.5. The van der Waals surface area contributed by atoms with Gasteiger partial charge in [-0.05, 0) is 46.4 Å². The van der Waals surface area contributed by atoms with Gasteiger partial charge in [-0.1, -0.05) is 30.3 Å². The summed E-state index contributed by atoms with van der Waals surface area (Å²) in [7, 11) is 0. The molecule has 0 aliphatic carbocycles. The minimum absolute atomic E-state index is 0.0208. The summed E-state index contributed by atoms with van der Waals surface area (Å²) >= 11 is 1.58. The Morgan fingerprint density at radius 2 is 1.76 bits per heavy atom. The standard InChI is InChI=1S/C15H10F3IO2/c16-15(17,18)12-8-11(6-7-13(12)19)14(20)21-9-10-4-2-1-3-5-10/h1-8H,9H2. The zero-order valence-electron chi connectivity index (χ0n) is 10.7. The fraction of sp³-hybridized carbons (Fsp3) is 0.133. The number of benzene rings is 2. The van der Waals surface area contributed by atoms with E-state index in [1.165, 1.54) is 12.1 Å². The first-order valence-corrected chi connectivity index (χ1v) is 7.03. The molecule has 2 aromatic rings. The molecule has 0 aliphatic heterocycles. The number of hydrogen-bond donors (Lipinski definition) is 0. The van der Waals surface area contributed by atoms with Gasteiger partial charge in [0.05, 0.1) is 11.1 Å². The van der Waals surface area contributed by atoms with Gasteiger partial charge >= 0.3 is 12.1 Å². The zero-order valence-corrected chi connectivity index (χ0v) is 12.8. The van der Waals surface area contributed by atoms with E-state index in [-0.39, 0.29) is 15.7 Å². The molecule has 0 spiro atoms. The average molecular weight is 406 g/mol. The molecule has 6 heteroatoms. The monoisotopic (exact) mass is 406 g/mol. The number of ether oxygens (including phenoxy) is 1. The normalized spacial score (nSPS) is 11.2. The summed E-state index contributed by atoms with van der Waals surface area (Å²) in [5, 5.41) is 0. The van der Waals surface area contributed by atoms with Crippen molar-refractivity contribution < 1.29 is 22.7 Å². The van der Waals surface area contributed by atoms with Crippen LogP contribution in [0.1, 0.15) is 21.5 Å². The molecule has 0 fully saturated rings. The van der Waals surface area contributed by atoms with E-state index >= 15 is 0 Å². The molecule has 0 aromatic heterocycles. The van der Waals surface area contributed by atoms with Gasteiger partial charge in [-0.15, -0.1) is 0 Å². The van der Waals surface area contributed by atoms with E-state index in [2.05, 4.69) is 0 Å². The number of halogens is 4. The highest BCUT2D eigenvalue weighted by Gasteiger charge is 2.33. The van der Waals surface area contributed by atoms with Crippen LogP contribution in [0, 0.1) is 3.57 Å². The van der Waals surface area contributed by atoms with Gasteiger partial charge in [0.15, 0.2) is 0 Å². The maximum absolute atomic E-state index is 12.8. The lowest BCUT2D eigenvalue weighted by Gasteiger charge is -2.11. The van der Waals surface area contributed by atoms with Crippen molar-refractivity contribution in [3.63, 3.8) is 0 Å². The van der Waals surface area contributed by atoms with E-state index in [1.807, 2.05) is 6.07 Å². The van der Waals surface area contributed by atoms with Crippen LogP contribution in [0.15, 0.2) is 48.5 Å². The second-order valence-corrected chi connectivity index (χ2v) is 5.42. The molecule has 0 atom stereocenters. The minimum atomic E-state index is -4.49. The second kappa shape index (κ2) is 6.46. The number of alkyl halides is 3. The summed E-state index contributed by atoms with van der Waals surface area (Å²) in [6.45, 7) is 0.0208. The smallest absolute Gasteiger partial charge is 0.417 e. The SMILES string of the molecule is O=C(OCc1ccccc1)c1ccc(I)c(C(F)(F)F)c1. The second-order valence-electron chi connectivity index (χ2n) is 4.25. The number of carbonyl (C=O) groups is 1. The molecule has 0 N–H and O–H groups in total. The van der Waals surface area contributed by atoms with Gasteiger partial charge in [-0.25, -0.2) is 4.79 Å². The average Bonchev–Trinajstić information content (AvgIpc) is 2.45. The van der Waals surface area contributed by atoms with Crippen LogP contribution in [0.5, 0.6) is 0 Å².